The Balaban J connectivity index is 2.28. The van der Waals surface area contributed by atoms with Gasteiger partial charge in [0.1, 0.15) is 4.90 Å². The zero-order chi connectivity index (χ0) is 13.0. The lowest BCUT2D eigenvalue weighted by molar-refractivity contribution is 0.600. The number of aromatic nitrogens is 1. The number of nitrogens with zero attached hydrogens (tertiary/aromatic N) is 1. The minimum atomic E-state index is -3.53. The number of anilines is 1. The van der Waals surface area contributed by atoms with Crippen molar-refractivity contribution in [3.63, 3.8) is 0 Å². The van der Waals surface area contributed by atoms with Crippen LogP contribution in [0.5, 0.6) is 0 Å². The molecule has 2 aromatic heterocycles. The van der Waals surface area contributed by atoms with E-state index in [1.165, 1.54) is 11.3 Å². The largest absolute Gasteiger partial charge is 0.315 e. The molecule has 0 fully saturated rings. The molecular weight excluding hydrogens is 270 g/mol. The van der Waals surface area contributed by atoms with Crippen LogP contribution in [0.4, 0.5) is 5.69 Å². The van der Waals surface area contributed by atoms with Crippen molar-refractivity contribution in [2.45, 2.75) is 11.4 Å². The summed E-state index contributed by atoms with van der Waals surface area (Å²) in [4.78, 5) is 4.95. The van der Waals surface area contributed by atoms with Crippen molar-refractivity contribution < 1.29 is 8.42 Å². The van der Waals surface area contributed by atoms with Crippen LogP contribution >= 0.6 is 11.3 Å². The Kier molecular flexibility index (Phi) is 3.95. The van der Waals surface area contributed by atoms with Crippen LogP contribution in [0.3, 0.4) is 0 Å². The molecular formula is C11H13N3O2S2. The topological polar surface area (TPSA) is 71.1 Å². The van der Waals surface area contributed by atoms with Crippen LogP contribution in [-0.2, 0) is 16.6 Å². The lowest BCUT2D eigenvalue weighted by Gasteiger charge is -2.08. The second-order valence-electron chi connectivity index (χ2n) is 3.58. The van der Waals surface area contributed by atoms with Crippen molar-refractivity contribution in [2.24, 2.45) is 0 Å². The Bertz CT molecular complexity index is 608. The summed E-state index contributed by atoms with van der Waals surface area (Å²) in [5, 5.41) is 4.73. The Morgan fingerprint density at radius 2 is 2.00 bits per heavy atom. The molecule has 2 rings (SSSR count). The van der Waals surface area contributed by atoms with E-state index in [2.05, 4.69) is 15.0 Å². The molecule has 0 saturated carbocycles. The maximum absolute atomic E-state index is 12.2. The molecule has 0 spiro atoms. The second-order valence-corrected chi connectivity index (χ2v) is 6.23. The molecule has 96 valence electrons. The van der Waals surface area contributed by atoms with Crippen LogP contribution in [0, 0.1) is 0 Å². The van der Waals surface area contributed by atoms with E-state index in [0.717, 1.165) is 4.88 Å². The number of hydrogen-bond donors (Lipinski definition) is 2. The normalized spacial score (nSPS) is 11.4. The van der Waals surface area contributed by atoms with E-state index < -0.39 is 10.0 Å². The fraction of sp³-hybridized carbons (Fsp3) is 0.182. The quantitative estimate of drug-likeness (QED) is 0.875. The molecule has 0 saturated heterocycles. The Labute approximate surface area is 110 Å². The van der Waals surface area contributed by atoms with Gasteiger partial charge >= 0.3 is 0 Å². The maximum atomic E-state index is 12.2. The molecule has 0 bridgehead atoms. The van der Waals surface area contributed by atoms with E-state index in [-0.39, 0.29) is 0 Å². The van der Waals surface area contributed by atoms with Gasteiger partial charge in [0.25, 0.3) is 10.0 Å². The van der Waals surface area contributed by atoms with Crippen molar-refractivity contribution in [1.29, 1.82) is 0 Å². The number of rotatable bonds is 5. The van der Waals surface area contributed by atoms with Gasteiger partial charge in [-0.3, -0.25) is 9.71 Å². The highest BCUT2D eigenvalue weighted by atomic mass is 32.2. The van der Waals surface area contributed by atoms with Crippen molar-refractivity contribution >= 4 is 27.0 Å². The van der Waals surface area contributed by atoms with Gasteiger partial charge in [0.2, 0.25) is 0 Å². The van der Waals surface area contributed by atoms with Crippen LogP contribution in [0.1, 0.15) is 4.88 Å². The minimum absolute atomic E-state index is 0.318. The molecule has 0 aliphatic carbocycles. The molecule has 7 heteroatoms. The number of thiophene rings is 1. The zero-order valence-electron chi connectivity index (χ0n) is 9.75. The molecule has 0 aliphatic heterocycles. The summed E-state index contributed by atoms with van der Waals surface area (Å²) in [6, 6.07) is 4.84. The molecule has 0 unspecified atom stereocenters. The Morgan fingerprint density at radius 3 is 2.67 bits per heavy atom. The molecule has 0 atom stereocenters. The monoisotopic (exact) mass is 283 g/mol. The number of sulfonamides is 1. The Hall–Kier alpha value is -1.44. The first kappa shape index (κ1) is 13.0. The average molecular weight is 283 g/mol. The van der Waals surface area contributed by atoms with Crippen LogP contribution in [0.25, 0.3) is 0 Å². The molecule has 2 aromatic rings. The van der Waals surface area contributed by atoms with E-state index in [1.807, 2.05) is 0 Å². The zero-order valence-corrected chi connectivity index (χ0v) is 11.4. The average Bonchev–Trinajstić information content (AvgIpc) is 2.79. The van der Waals surface area contributed by atoms with Gasteiger partial charge in [0.05, 0.1) is 5.69 Å². The first-order valence-electron chi connectivity index (χ1n) is 5.27. The smallest absolute Gasteiger partial charge is 0.263 e. The van der Waals surface area contributed by atoms with E-state index >= 15 is 0 Å². The predicted octanol–water partition coefficient (Wildman–Crippen LogP) is 1.66. The molecule has 0 aromatic carbocycles. The first-order valence-corrected chi connectivity index (χ1v) is 7.63. The third-order valence-electron chi connectivity index (χ3n) is 2.26. The van der Waals surface area contributed by atoms with Crippen LogP contribution in [-0.4, -0.2) is 20.4 Å². The predicted molar refractivity (Wildman–Crippen MR) is 72.1 cm³/mol. The fourth-order valence-electron chi connectivity index (χ4n) is 1.49. The summed E-state index contributed by atoms with van der Waals surface area (Å²) < 4.78 is 26.9. The van der Waals surface area contributed by atoms with Gasteiger partial charge in [-0.2, -0.15) is 0 Å². The highest BCUT2D eigenvalue weighted by Crippen LogP contribution is 2.23. The molecule has 2 heterocycles. The molecule has 18 heavy (non-hydrogen) atoms. The van der Waals surface area contributed by atoms with E-state index in [4.69, 9.17) is 0 Å². The summed E-state index contributed by atoms with van der Waals surface area (Å²) in [5.74, 6) is 0. The number of nitrogens with one attached hydrogen (secondary N) is 2. The SMILES string of the molecule is CNCc1sccc1S(=O)(=O)Nc1ccncc1. The molecule has 0 aliphatic rings. The van der Waals surface area contributed by atoms with Gasteiger partial charge < -0.3 is 5.32 Å². The summed E-state index contributed by atoms with van der Waals surface area (Å²) in [7, 11) is -1.75. The lowest BCUT2D eigenvalue weighted by Crippen LogP contribution is -2.15. The van der Waals surface area contributed by atoms with Crippen molar-refractivity contribution in [3.05, 3.63) is 40.8 Å². The second kappa shape index (κ2) is 5.47. The third kappa shape index (κ3) is 2.87. The Morgan fingerprint density at radius 1 is 1.28 bits per heavy atom. The van der Waals surface area contributed by atoms with Crippen molar-refractivity contribution in [3.8, 4) is 0 Å². The summed E-state index contributed by atoms with van der Waals surface area (Å²) >= 11 is 1.42. The van der Waals surface area contributed by atoms with E-state index in [1.54, 1.807) is 43.0 Å². The van der Waals surface area contributed by atoms with E-state index in [9.17, 15) is 8.42 Å². The van der Waals surface area contributed by atoms with Crippen LogP contribution in [0.2, 0.25) is 0 Å². The van der Waals surface area contributed by atoms with E-state index in [0.29, 0.717) is 17.1 Å². The van der Waals surface area contributed by atoms with Crippen LogP contribution in [0.15, 0.2) is 40.9 Å². The highest BCUT2D eigenvalue weighted by molar-refractivity contribution is 7.93. The minimum Gasteiger partial charge on any atom is -0.315 e. The highest BCUT2D eigenvalue weighted by Gasteiger charge is 2.19. The van der Waals surface area contributed by atoms with Gasteiger partial charge in [-0.25, -0.2) is 8.42 Å². The third-order valence-corrected chi connectivity index (χ3v) is 4.78. The number of pyridine rings is 1. The molecule has 0 radical (unpaired) electrons. The molecule has 0 amide bonds. The lowest BCUT2D eigenvalue weighted by atomic mass is 10.4. The molecule has 5 nitrogen and oxygen atoms in total. The van der Waals surface area contributed by atoms with Crippen molar-refractivity contribution in [2.75, 3.05) is 11.8 Å². The van der Waals surface area contributed by atoms with Gasteiger partial charge in [-0.05, 0) is 30.6 Å². The van der Waals surface area contributed by atoms with Gasteiger partial charge in [0, 0.05) is 23.8 Å². The van der Waals surface area contributed by atoms with Gasteiger partial charge in [-0.15, -0.1) is 11.3 Å². The maximum Gasteiger partial charge on any atom is 0.263 e. The summed E-state index contributed by atoms with van der Waals surface area (Å²) in [6.07, 6.45) is 3.08. The summed E-state index contributed by atoms with van der Waals surface area (Å²) in [5.41, 5.74) is 0.506. The van der Waals surface area contributed by atoms with Gasteiger partial charge in [0.15, 0.2) is 0 Å². The number of hydrogen-bond acceptors (Lipinski definition) is 5. The summed E-state index contributed by atoms with van der Waals surface area (Å²) in [6.45, 7) is 0.532. The van der Waals surface area contributed by atoms with Crippen LogP contribution < -0.4 is 10.0 Å². The van der Waals surface area contributed by atoms with Gasteiger partial charge in [-0.1, -0.05) is 0 Å². The first-order chi connectivity index (χ1) is 8.63. The van der Waals surface area contributed by atoms with Crippen molar-refractivity contribution in [1.82, 2.24) is 10.3 Å². The standard InChI is InChI=1S/C11H13N3O2S2/c1-12-8-10-11(4-7-17-10)18(15,16)14-9-2-5-13-6-3-9/h2-7,12H,8H2,1H3,(H,13,14). The molecule has 2 N–H and O–H groups in total. The fourth-order valence-corrected chi connectivity index (χ4v) is 4.00.